The van der Waals surface area contributed by atoms with Crippen molar-refractivity contribution in [1.82, 2.24) is 15.1 Å². The van der Waals surface area contributed by atoms with Crippen molar-refractivity contribution in [3.05, 3.63) is 35.4 Å². The lowest BCUT2D eigenvalue weighted by atomic mass is 9.93. The summed E-state index contributed by atoms with van der Waals surface area (Å²) in [6.07, 6.45) is 3.34. The number of likely N-dealkylation sites (tertiary alicyclic amines) is 1. The van der Waals surface area contributed by atoms with Gasteiger partial charge in [0.05, 0.1) is 11.5 Å². The third-order valence-electron chi connectivity index (χ3n) is 5.72. The first-order valence-corrected chi connectivity index (χ1v) is 11.7. The van der Waals surface area contributed by atoms with Crippen molar-refractivity contribution in [1.29, 1.82) is 0 Å². The number of piperidine rings is 1. The van der Waals surface area contributed by atoms with Crippen LogP contribution in [-0.2, 0) is 16.4 Å². The van der Waals surface area contributed by atoms with Crippen LogP contribution in [-0.4, -0.2) is 75.4 Å². The highest BCUT2D eigenvalue weighted by molar-refractivity contribution is 7.91. The third-order valence-corrected chi connectivity index (χ3v) is 7.33. The molecule has 2 aliphatic rings. The van der Waals surface area contributed by atoms with Crippen LogP contribution in [0.3, 0.4) is 0 Å². The average Bonchev–Trinajstić information content (AvgIpc) is 2.68. The molecule has 0 bridgehead atoms. The highest BCUT2D eigenvalue weighted by atomic mass is 35.5. The Labute approximate surface area is 187 Å². The molecule has 1 aromatic rings. The van der Waals surface area contributed by atoms with E-state index in [0.29, 0.717) is 25.6 Å². The first-order valence-electron chi connectivity index (χ1n) is 9.92. The summed E-state index contributed by atoms with van der Waals surface area (Å²) in [7, 11) is -0.880. The molecule has 2 fully saturated rings. The number of carbonyl (C=O) groups is 1. The Bertz CT molecular complexity index is 739. The minimum Gasteiger partial charge on any atom is -0.339 e. The molecule has 0 unspecified atom stereocenters. The summed E-state index contributed by atoms with van der Waals surface area (Å²) in [4.78, 5) is 17.0. The summed E-state index contributed by atoms with van der Waals surface area (Å²) in [6.45, 7) is 4.55. The van der Waals surface area contributed by atoms with Crippen molar-refractivity contribution >= 4 is 40.6 Å². The van der Waals surface area contributed by atoms with Crippen molar-refractivity contribution in [3.63, 3.8) is 0 Å². The molecule has 29 heavy (non-hydrogen) atoms. The van der Waals surface area contributed by atoms with Gasteiger partial charge in [0.2, 0.25) is 0 Å². The molecule has 0 radical (unpaired) electrons. The molecule has 1 aromatic carbocycles. The Morgan fingerprint density at radius 3 is 2.38 bits per heavy atom. The van der Waals surface area contributed by atoms with Gasteiger partial charge in [0, 0.05) is 38.3 Å². The monoisotopic (exact) mass is 465 g/mol. The first kappa shape index (κ1) is 26.2. The number of hydrogen-bond acceptors (Lipinski definition) is 5. The van der Waals surface area contributed by atoms with Crippen molar-refractivity contribution in [2.45, 2.75) is 25.8 Å². The number of amides is 1. The maximum atomic E-state index is 12.9. The Balaban J connectivity index is 0.00000210. The van der Waals surface area contributed by atoms with Crippen LogP contribution >= 0.6 is 24.8 Å². The quantitative estimate of drug-likeness (QED) is 0.697. The van der Waals surface area contributed by atoms with Gasteiger partial charge < -0.3 is 10.2 Å². The van der Waals surface area contributed by atoms with Crippen LogP contribution in [0, 0.1) is 5.92 Å². The van der Waals surface area contributed by atoms with Crippen molar-refractivity contribution < 1.29 is 13.2 Å². The standard InChI is InChI=1S/C20H31N3O3S.2ClH/c1-21-8-5-17-6-9-23(10-7-17)20(24)19-4-2-3-18(15-19)16-22-11-13-27(25,26)14-12-22;;/h2-4,15,17,21H,5-14,16H2,1H3;2*1H. The second-order valence-electron chi connectivity index (χ2n) is 7.76. The molecular formula is C20H33Cl2N3O3S. The zero-order valence-electron chi connectivity index (χ0n) is 17.0. The molecule has 1 amide bonds. The average molecular weight is 466 g/mol. The van der Waals surface area contributed by atoms with E-state index in [9.17, 15) is 13.2 Å². The van der Waals surface area contributed by atoms with Crippen LogP contribution < -0.4 is 5.32 Å². The number of halogens is 2. The van der Waals surface area contributed by atoms with Crippen LogP contribution in [0.1, 0.15) is 35.2 Å². The molecular weight excluding hydrogens is 433 g/mol. The number of hydrogen-bond donors (Lipinski definition) is 1. The lowest BCUT2D eigenvalue weighted by Crippen LogP contribution is -2.40. The first-order chi connectivity index (χ1) is 13.0. The van der Waals surface area contributed by atoms with Gasteiger partial charge in [-0.25, -0.2) is 8.42 Å². The molecule has 166 valence electrons. The maximum absolute atomic E-state index is 12.9. The Morgan fingerprint density at radius 2 is 1.76 bits per heavy atom. The maximum Gasteiger partial charge on any atom is 0.253 e. The molecule has 0 saturated carbocycles. The molecule has 2 saturated heterocycles. The molecule has 3 rings (SSSR count). The van der Waals surface area contributed by atoms with Crippen molar-refractivity contribution in [2.75, 3.05) is 51.3 Å². The second-order valence-corrected chi connectivity index (χ2v) is 10.1. The van der Waals surface area contributed by atoms with Gasteiger partial charge in [0.1, 0.15) is 0 Å². The van der Waals surface area contributed by atoms with Gasteiger partial charge in [-0.2, -0.15) is 0 Å². The van der Waals surface area contributed by atoms with Gasteiger partial charge in [0.25, 0.3) is 5.91 Å². The topological polar surface area (TPSA) is 69.7 Å². The van der Waals surface area contributed by atoms with E-state index in [2.05, 4.69) is 10.2 Å². The van der Waals surface area contributed by atoms with Crippen LogP contribution in [0.2, 0.25) is 0 Å². The normalized spacial score (nSPS) is 19.8. The van der Waals surface area contributed by atoms with Crippen LogP contribution in [0.4, 0.5) is 0 Å². The van der Waals surface area contributed by atoms with E-state index < -0.39 is 9.84 Å². The lowest BCUT2D eigenvalue weighted by Gasteiger charge is -2.32. The smallest absolute Gasteiger partial charge is 0.253 e. The Hall–Kier alpha value is -0.860. The summed E-state index contributed by atoms with van der Waals surface area (Å²) in [5.74, 6) is 1.29. The van der Waals surface area contributed by atoms with Crippen LogP contribution in [0.25, 0.3) is 0 Å². The minimum atomic E-state index is -2.86. The van der Waals surface area contributed by atoms with Crippen molar-refractivity contribution in [3.8, 4) is 0 Å². The SMILES string of the molecule is CNCCC1CCN(C(=O)c2cccc(CN3CCS(=O)(=O)CC3)c2)CC1.Cl.Cl. The second kappa shape index (κ2) is 12.1. The molecule has 0 atom stereocenters. The minimum absolute atomic E-state index is 0. The molecule has 2 aliphatic heterocycles. The number of carbonyl (C=O) groups excluding carboxylic acids is 1. The van der Waals surface area contributed by atoms with Gasteiger partial charge in [-0.3, -0.25) is 9.69 Å². The van der Waals surface area contributed by atoms with Gasteiger partial charge in [-0.1, -0.05) is 12.1 Å². The van der Waals surface area contributed by atoms with E-state index in [0.717, 1.165) is 43.6 Å². The summed E-state index contributed by atoms with van der Waals surface area (Å²) in [6, 6.07) is 7.81. The highest BCUT2D eigenvalue weighted by Crippen LogP contribution is 2.22. The predicted molar refractivity (Wildman–Crippen MR) is 122 cm³/mol. The highest BCUT2D eigenvalue weighted by Gasteiger charge is 2.24. The number of nitrogens with zero attached hydrogens (tertiary/aromatic N) is 2. The lowest BCUT2D eigenvalue weighted by molar-refractivity contribution is 0.0687. The fourth-order valence-corrected chi connectivity index (χ4v) is 5.20. The molecule has 1 N–H and O–H groups in total. The molecule has 0 aliphatic carbocycles. The van der Waals surface area contributed by atoms with Gasteiger partial charge in [-0.15, -0.1) is 24.8 Å². The van der Waals surface area contributed by atoms with E-state index in [4.69, 9.17) is 0 Å². The molecule has 0 spiro atoms. The number of rotatable bonds is 6. The summed E-state index contributed by atoms with van der Waals surface area (Å²) < 4.78 is 23.1. The van der Waals surface area contributed by atoms with E-state index in [1.54, 1.807) is 0 Å². The largest absolute Gasteiger partial charge is 0.339 e. The van der Waals surface area contributed by atoms with Crippen LogP contribution in [0.5, 0.6) is 0 Å². The molecule has 9 heteroatoms. The van der Waals surface area contributed by atoms with E-state index in [1.165, 1.54) is 6.42 Å². The Morgan fingerprint density at radius 1 is 1.10 bits per heavy atom. The Kier molecular flexibility index (Phi) is 10.9. The number of benzene rings is 1. The molecule has 0 aromatic heterocycles. The van der Waals surface area contributed by atoms with Crippen molar-refractivity contribution in [2.24, 2.45) is 5.92 Å². The fraction of sp³-hybridized carbons (Fsp3) is 0.650. The summed E-state index contributed by atoms with van der Waals surface area (Å²) in [5.41, 5.74) is 1.81. The zero-order valence-corrected chi connectivity index (χ0v) is 19.5. The van der Waals surface area contributed by atoms with Crippen LogP contribution in [0.15, 0.2) is 24.3 Å². The summed E-state index contributed by atoms with van der Waals surface area (Å²) >= 11 is 0. The van der Waals surface area contributed by atoms with Gasteiger partial charge >= 0.3 is 0 Å². The van der Waals surface area contributed by atoms with E-state index in [-0.39, 0.29) is 42.2 Å². The molecule has 2 heterocycles. The van der Waals surface area contributed by atoms with E-state index >= 15 is 0 Å². The predicted octanol–water partition coefficient (Wildman–Crippen LogP) is 2.22. The van der Waals surface area contributed by atoms with Gasteiger partial charge in [-0.05, 0) is 56.5 Å². The fourth-order valence-electron chi connectivity index (χ4n) is 3.93. The van der Waals surface area contributed by atoms with E-state index in [1.807, 2.05) is 36.2 Å². The zero-order chi connectivity index (χ0) is 19.3. The number of sulfone groups is 1. The summed E-state index contributed by atoms with van der Waals surface area (Å²) in [5, 5.41) is 3.20. The number of nitrogens with one attached hydrogen (secondary N) is 1. The van der Waals surface area contributed by atoms with Gasteiger partial charge in [0.15, 0.2) is 9.84 Å². The molecule has 6 nitrogen and oxygen atoms in total. The third kappa shape index (κ3) is 7.72.